The average molecular weight is 232 g/mol. The number of aromatic hydroxyl groups is 1. The van der Waals surface area contributed by atoms with Crippen LogP contribution in [0.2, 0.25) is 0 Å². The van der Waals surface area contributed by atoms with Crippen LogP contribution in [0.4, 0.5) is 0 Å². The van der Waals surface area contributed by atoms with Gasteiger partial charge >= 0.3 is 0 Å². The largest absolute Gasteiger partial charge is 0.507 e. The molecule has 86 valence electrons. The summed E-state index contributed by atoms with van der Waals surface area (Å²) in [5, 5.41) is 12.2. The zero-order chi connectivity index (χ0) is 12.1. The van der Waals surface area contributed by atoms with E-state index in [-0.39, 0.29) is 0 Å². The molecule has 0 heterocycles. The van der Waals surface area contributed by atoms with Gasteiger partial charge in [0.15, 0.2) is 0 Å². The molecule has 0 saturated carbocycles. The molecule has 0 saturated heterocycles. The number of phenols is 1. The highest BCUT2D eigenvalue weighted by Gasteiger charge is 2.21. The molecule has 1 aliphatic carbocycles. The van der Waals surface area contributed by atoms with Gasteiger partial charge in [0.1, 0.15) is 5.75 Å². The molecule has 0 unspecified atom stereocenters. The number of fused-ring (bicyclic) bond motifs is 5. The van der Waals surface area contributed by atoms with Crippen LogP contribution in [0.15, 0.2) is 54.6 Å². The first-order valence-corrected chi connectivity index (χ1v) is 6.16. The second-order valence-electron chi connectivity index (χ2n) is 4.81. The van der Waals surface area contributed by atoms with Crippen molar-refractivity contribution in [2.75, 3.05) is 0 Å². The summed E-state index contributed by atoms with van der Waals surface area (Å²) in [7, 11) is 0. The van der Waals surface area contributed by atoms with E-state index in [9.17, 15) is 5.11 Å². The van der Waals surface area contributed by atoms with Crippen molar-refractivity contribution < 1.29 is 5.11 Å². The Balaban J connectivity index is 2.20. The highest BCUT2D eigenvalue weighted by molar-refractivity contribution is 6.04. The topological polar surface area (TPSA) is 20.2 Å². The van der Waals surface area contributed by atoms with Gasteiger partial charge in [0.2, 0.25) is 0 Å². The molecule has 1 aliphatic rings. The summed E-state index contributed by atoms with van der Waals surface area (Å²) in [6.07, 6.45) is 0.968. The second kappa shape index (κ2) is 3.36. The second-order valence-corrected chi connectivity index (χ2v) is 4.81. The summed E-state index contributed by atoms with van der Waals surface area (Å²) >= 11 is 0. The van der Waals surface area contributed by atoms with Gasteiger partial charge in [-0.15, -0.1) is 0 Å². The molecule has 0 atom stereocenters. The van der Waals surface area contributed by atoms with Crippen LogP contribution < -0.4 is 0 Å². The Labute approximate surface area is 105 Å². The Bertz CT molecular complexity index is 772. The lowest BCUT2D eigenvalue weighted by Gasteiger charge is -2.08. The molecule has 3 aromatic rings. The number of phenolic OH excluding ortho intramolecular Hbond substituents is 1. The van der Waals surface area contributed by atoms with Gasteiger partial charge in [-0.1, -0.05) is 48.5 Å². The average Bonchev–Trinajstić information content (AvgIpc) is 2.77. The van der Waals surface area contributed by atoms with Crippen LogP contribution in [0, 0.1) is 0 Å². The number of hydrogen-bond acceptors (Lipinski definition) is 1. The molecule has 0 bridgehead atoms. The van der Waals surface area contributed by atoms with Crippen LogP contribution in [-0.4, -0.2) is 5.11 Å². The Hall–Kier alpha value is -2.28. The highest BCUT2D eigenvalue weighted by Crippen LogP contribution is 2.43. The molecule has 0 fully saturated rings. The number of rotatable bonds is 0. The Morgan fingerprint density at radius 1 is 0.778 bits per heavy atom. The van der Waals surface area contributed by atoms with Crippen molar-refractivity contribution in [3.8, 4) is 16.9 Å². The van der Waals surface area contributed by atoms with Crippen LogP contribution >= 0.6 is 0 Å². The molecule has 0 amide bonds. The normalized spacial score (nSPS) is 12.4. The molecule has 18 heavy (non-hydrogen) atoms. The van der Waals surface area contributed by atoms with E-state index >= 15 is 0 Å². The fourth-order valence-corrected chi connectivity index (χ4v) is 2.98. The standard InChI is InChI=1S/C17H12O/c18-15-7-3-5-11-8-9-13-10-12-4-1-2-6-14(12)16(13)17(11)15/h1-9,18H,10H2. The maximum Gasteiger partial charge on any atom is 0.124 e. The lowest BCUT2D eigenvalue weighted by atomic mass is 9.97. The van der Waals surface area contributed by atoms with Gasteiger partial charge in [0, 0.05) is 5.39 Å². The van der Waals surface area contributed by atoms with E-state index in [0.717, 1.165) is 17.2 Å². The SMILES string of the molecule is Oc1cccc2ccc3c(c12)-c1ccccc1C3. The first-order chi connectivity index (χ1) is 8.84. The van der Waals surface area contributed by atoms with Gasteiger partial charge in [-0.25, -0.2) is 0 Å². The van der Waals surface area contributed by atoms with E-state index in [4.69, 9.17) is 0 Å². The zero-order valence-electron chi connectivity index (χ0n) is 9.85. The first kappa shape index (κ1) is 9.72. The smallest absolute Gasteiger partial charge is 0.124 e. The minimum atomic E-state index is 0.376. The van der Waals surface area contributed by atoms with Gasteiger partial charge < -0.3 is 5.11 Å². The van der Waals surface area contributed by atoms with Crippen LogP contribution in [0.5, 0.6) is 5.75 Å². The van der Waals surface area contributed by atoms with Crippen molar-refractivity contribution in [2.45, 2.75) is 6.42 Å². The van der Waals surface area contributed by atoms with Crippen LogP contribution in [0.3, 0.4) is 0 Å². The summed E-state index contributed by atoms with van der Waals surface area (Å²) in [6, 6.07) is 18.4. The third kappa shape index (κ3) is 1.16. The van der Waals surface area contributed by atoms with Crippen molar-refractivity contribution in [2.24, 2.45) is 0 Å². The van der Waals surface area contributed by atoms with Crippen LogP contribution in [0.1, 0.15) is 11.1 Å². The van der Waals surface area contributed by atoms with Gasteiger partial charge in [-0.05, 0) is 40.1 Å². The summed E-state index contributed by atoms with van der Waals surface area (Å²) < 4.78 is 0. The Kier molecular flexibility index (Phi) is 1.81. The quantitative estimate of drug-likeness (QED) is 0.483. The van der Waals surface area contributed by atoms with Gasteiger partial charge in [0.05, 0.1) is 0 Å². The summed E-state index contributed by atoms with van der Waals surface area (Å²) in [6.45, 7) is 0. The minimum Gasteiger partial charge on any atom is -0.507 e. The summed E-state index contributed by atoms with van der Waals surface area (Å²) in [5.41, 5.74) is 5.13. The van der Waals surface area contributed by atoms with Crippen LogP contribution in [-0.2, 0) is 6.42 Å². The van der Waals surface area contributed by atoms with E-state index in [1.54, 1.807) is 6.07 Å². The third-order valence-corrected chi connectivity index (χ3v) is 3.78. The summed E-state index contributed by atoms with van der Waals surface area (Å²) in [4.78, 5) is 0. The monoisotopic (exact) mass is 232 g/mol. The molecule has 1 heteroatoms. The number of hydrogen-bond donors (Lipinski definition) is 1. The molecule has 0 radical (unpaired) electrons. The molecule has 1 nitrogen and oxygen atoms in total. The minimum absolute atomic E-state index is 0.376. The third-order valence-electron chi connectivity index (χ3n) is 3.78. The lowest BCUT2D eigenvalue weighted by molar-refractivity contribution is 0.482. The van der Waals surface area contributed by atoms with Crippen molar-refractivity contribution >= 4 is 10.8 Å². The molecule has 4 rings (SSSR count). The molecule has 0 aromatic heterocycles. The van der Waals surface area contributed by atoms with Gasteiger partial charge in [-0.3, -0.25) is 0 Å². The van der Waals surface area contributed by atoms with Crippen LogP contribution in [0.25, 0.3) is 21.9 Å². The zero-order valence-corrected chi connectivity index (χ0v) is 9.85. The van der Waals surface area contributed by atoms with E-state index < -0.39 is 0 Å². The molecule has 0 aliphatic heterocycles. The van der Waals surface area contributed by atoms with Gasteiger partial charge in [-0.2, -0.15) is 0 Å². The molecular weight excluding hydrogens is 220 g/mol. The van der Waals surface area contributed by atoms with E-state index in [1.807, 2.05) is 6.07 Å². The first-order valence-electron chi connectivity index (χ1n) is 6.16. The van der Waals surface area contributed by atoms with Crippen molar-refractivity contribution in [3.63, 3.8) is 0 Å². The molecule has 0 spiro atoms. The van der Waals surface area contributed by atoms with Gasteiger partial charge in [0.25, 0.3) is 0 Å². The Morgan fingerprint density at radius 3 is 2.61 bits per heavy atom. The molecule has 3 aromatic carbocycles. The fourth-order valence-electron chi connectivity index (χ4n) is 2.98. The summed E-state index contributed by atoms with van der Waals surface area (Å²) in [5.74, 6) is 0.376. The van der Waals surface area contributed by atoms with Crippen molar-refractivity contribution in [3.05, 3.63) is 65.7 Å². The maximum absolute atomic E-state index is 10.2. The van der Waals surface area contributed by atoms with E-state index in [2.05, 4.69) is 42.5 Å². The Morgan fingerprint density at radius 2 is 1.67 bits per heavy atom. The van der Waals surface area contributed by atoms with Crippen molar-refractivity contribution in [1.82, 2.24) is 0 Å². The number of benzene rings is 3. The predicted molar refractivity (Wildman–Crippen MR) is 73.9 cm³/mol. The molecular formula is C17H12O. The molecule has 1 N–H and O–H groups in total. The van der Waals surface area contributed by atoms with Crippen molar-refractivity contribution in [1.29, 1.82) is 0 Å². The lowest BCUT2D eigenvalue weighted by Crippen LogP contribution is -1.83. The van der Waals surface area contributed by atoms with E-state index in [1.165, 1.54) is 22.3 Å². The highest BCUT2D eigenvalue weighted by atomic mass is 16.3. The predicted octanol–water partition coefficient (Wildman–Crippen LogP) is 4.12. The van der Waals surface area contributed by atoms with E-state index in [0.29, 0.717) is 5.75 Å². The maximum atomic E-state index is 10.2. The fraction of sp³-hybridized carbons (Fsp3) is 0.0588.